The highest BCUT2D eigenvalue weighted by molar-refractivity contribution is 5.94. The fourth-order valence-corrected chi connectivity index (χ4v) is 4.26. The Labute approximate surface area is 197 Å². The number of nitrogens with zero attached hydrogens (tertiary/aromatic N) is 3. The number of ether oxygens (including phenoxy) is 1. The second kappa shape index (κ2) is 8.62. The number of aromatic hydroxyl groups is 2. The van der Waals surface area contributed by atoms with E-state index in [1.807, 2.05) is 54.3 Å². The van der Waals surface area contributed by atoms with Gasteiger partial charge in [-0.15, -0.1) is 0 Å². The Hall–Kier alpha value is -4.20. The number of methoxy groups -OCH3 is 1. The molecule has 8 heteroatoms. The van der Waals surface area contributed by atoms with Crippen LogP contribution in [0, 0.1) is 6.92 Å². The van der Waals surface area contributed by atoms with Crippen molar-refractivity contribution in [2.24, 2.45) is 0 Å². The lowest BCUT2D eigenvalue weighted by molar-refractivity contribution is 0.0747. The number of carbonyl (C=O) groups excluding carboxylic acids is 1. The van der Waals surface area contributed by atoms with E-state index in [9.17, 15) is 15.0 Å². The molecule has 0 unspecified atom stereocenters. The zero-order valence-electron chi connectivity index (χ0n) is 19.1. The van der Waals surface area contributed by atoms with Crippen molar-refractivity contribution in [3.8, 4) is 28.6 Å². The average molecular weight is 459 g/mol. The molecule has 1 saturated heterocycles. The second-order valence-corrected chi connectivity index (χ2v) is 8.48. The molecule has 0 bridgehead atoms. The Balaban J connectivity index is 1.32. The van der Waals surface area contributed by atoms with Gasteiger partial charge in [0.2, 0.25) is 5.75 Å². The number of imidazole rings is 1. The average Bonchev–Trinajstić information content (AvgIpc) is 3.29. The quantitative estimate of drug-likeness (QED) is 0.401. The van der Waals surface area contributed by atoms with Crippen molar-refractivity contribution in [2.45, 2.75) is 6.92 Å². The van der Waals surface area contributed by atoms with Crippen molar-refractivity contribution in [2.75, 3.05) is 38.2 Å². The van der Waals surface area contributed by atoms with E-state index in [0.29, 0.717) is 24.5 Å². The molecule has 0 saturated carbocycles. The lowest BCUT2D eigenvalue weighted by Crippen LogP contribution is -2.48. The molecule has 1 fully saturated rings. The maximum Gasteiger partial charge on any atom is 0.253 e. The molecule has 4 aromatic rings. The van der Waals surface area contributed by atoms with E-state index in [-0.39, 0.29) is 23.2 Å². The van der Waals surface area contributed by atoms with Crippen LogP contribution in [0.2, 0.25) is 0 Å². The summed E-state index contributed by atoms with van der Waals surface area (Å²) < 4.78 is 5.13. The van der Waals surface area contributed by atoms with E-state index in [1.165, 1.54) is 13.2 Å². The summed E-state index contributed by atoms with van der Waals surface area (Å²) in [6, 6.07) is 16.8. The number of nitrogens with one attached hydrogen (secondary N) is 1. The van der Waals surface area contributed by atoms with Gasteiger partial charge in [0.15, 0.2) is 11.5 Å². The Bertz CT molecular complexity index is 1360. The van der Waals surface area contributed by atoms with Crippen LogP contribution in [0.3, 0.4) is 0 Å². The van der Waals surface area contributed by atoms with Crippen molar-refractivity contribution in [3.63, 3.8) is 0 Å². The number of amides is 1. The number of anilines is 1. The first-order valence-corrected chi connectivity index (χ1v) is 11.1. The monoisotopic (exact) mass is 458 g/mol. The minimum absolute atomic E-state index is 0.0691. The molecule has 34 heavy (non-hydrogen) atoms. The van der Waals surface area contributed by atoms with Gasteiger partial charge in [-0.05, 0) is 49.4 Å². The van der Waals surface area contributed by atoms with Gasteiger partial charge in [-0.25, -0.2) is 4.98 Å². The molecule has 1 aliphatic heterocycles. The molecule has 1 aliphatic rings. The molecule has 1 aromatic heterocycles. The van der Waals surface area contributed by atoms with Crippen molar-refractivity contribution in [1.29, 1.82) is 0 Å². The summed E-state index contributed by atoms with van der Waals surface area (Å²) in [7, 11) is 1.43. The number of aromatic amines is 1. The van der Waals surface area contributed by atoms with Crippen LogP contribution in [0.1, 0.15) is 15.9 Å². The molecule has 1 amide bonds. The third-order valence-electron chi connectivity index (χ3n) is 6.25. The highest BCUT2D eigenvalue weighted by Gasteiger charge is 2.23. The van der Waals surface area contributed by atoms with Crippen molar-refractivity contribution >= 4 is 22.6 Å². The van der Waals surface area contributed by atoms with E-state index < -0.39 is 0 Å². The Morgan fingerprint density at radius 1 is 1.00 bits per heavy atom. The van der Waals surface area contributed by atoms with E-state index in [4.69, 9.17) is 4.74 Å². The fourth-order valence-electron chi connectivity index (χ4n) is 4.26. The number of fused-ring (bicyclic) bond motifs is 1. The van der Waals surface area contributed by atoms with Gasteiger partial charge >= 0.3 is 0 Å². The number of H-pyrrole nitrogens is 1. The lowest BCUT2D eigenvalue weighted by Gasteiger charge is -2.36. The number of aryl methyl sites for hydroxylation is 1. The van der Waals surface area contributed by atoms with Gasteiger partial charge in [0.25, 0.3) is 5.91 Å². The summed E-state index contributed by atoms with van der Waals surface area (Å²) in [5, 5.41) is 19.9. The number of phenols is 2. The van der Waals surface area contributed by atoms with Crippen LogP contribution in [-0.2, 0) is 0 Å². The summed E-state index contributed by atoms with van der Waals surface area (Å²) in [5.41, 5.74) is 5.16. The van der Waals surface area contributed by atoms with Gasteiger partial charge < -0.3 is 29.7 Å². The molecular formula is C26H26N4O4. The van der Waals surface area contributed by atoms with Crippen LogP contribution in [0.5, 0.6) is 17.2 Å². The maximum atomic E-state index is 12.8. The van der Waals surface area contributed by atoms with Crippen molar-refractivity contribution in [3.05, 3.63) is 65.7 Å². The molecule has 0 atom stereocenters. The zero-order chi connectivity index (χ0) is 23.8. The molecule has 3 N–H and O–H groups in total. The Kier molecular flexibility index (Phi) is 5.49. The van der Waals surface area contributed by atoms with Crippen LogP contribution in [0.25, 0.3) is 22.4 Å². The first-order valence-electron chi connectivity index (χ1n) is 11.1. The summed E-state index contributed by atoms with van der Waals surface area (Å²) in [6.07, 6.45) is 0. The van der Waals surface area contributed by atoms with Crippen LogP contribution in [0.15, 0.2) is 54.6 Å². The van der Waals surface area contributed by atoms with Crippen LogP contribution in [-0.4, -0.2) is 64.3 Å². The minimum atomic E-state index is -0.301. The second-order valence-electron chi connectivity index (χ2n) is 8.48. The van der Waals surface area contributed by atoms with Gasteiger partial charge in [-0.3, -0.25) is 4.79 Å². The minimum Gasteiger partial charge on any atom is -0.504 e. The summed E-state index contributed by atoms with van der Waals surface area (Å²) in [4.78, 5) is 24.9. The molecule has 0 spiro atoms. The first-order chi connectivity index (χ1) is 16.4. The smallest absolute Gasteiger partial charge is 0.253 e. The predicted octanol–water partition coefficient (Wildman–Crippen LogP) is 3.92. The number of hydrogen-bond acceptors (Lipinski definition) is 6. The normalized spacial score (nSPS) is 13.9. The van der Waals surface area contributed by atoms with Crippen LogP contribution in [0.4, 0.5) is 5.69 Å². The number of aromatic nitrogens is 2. The molecule has 5 rings (SSSR count). The molecular weight excluding hydrogens is 432 g/mol. The molecule has 0 aliphatic carbocycles. The standard InChI is InChI=1S/C26H26N4O4/c1-16-3-5-17(6-4-16)26(33)30-11-9-29(10-12-30)19-7-8-20-21(15-19)28-25(27-20)18-13-22(31)24(32)23(14-18)34-2/h3-8,13-15,31-32H,9-12H2,1-2H3,(H,27,28). The Morgan fingerprint density at radius 2 is 1.74 bits per heavy atom. The van der Waals surface area contributed by atoms with Gasteiger partial charge in [0.1, 0.15) is 5.82 Å². The molecule has 174 valence electrons. The molecule has 0 radical (unpaired) electrons. The molecule has 3 aromatic carbocycles. The SMILES string of the molecule is COc1cc(-c2nc3cc(N4CCN(C(=O)c5ccc(C)cc5)CC4)ccc3[nH]2)cc(O)c1O. The first kappa shape index (κ1) is 21.6. The highest BCUT2D eigenvalue weighted by Crippen LogP contribution is 2.39. The molecule has 2 heterocycles. The third kappa shape index (κ3) is 3.98. The lowest BCUT2D eigenvalue weighted by atomic mass is 10.1. The van der Waals surface area contributed by atoms with E-state index >= 15 is 0 Å². The fraction of sp³-hybridized carbons (Fsp3) is 0.231. The largest absolute Gasteiger partial charge is 0.504 e. The van der Waals surface area contributed by atoms with E-state index in [1.54, 1.807) is 6.07 Å². The van der Waals surface area contributed by atoms with Crippen LogP contribution < -0.4 is 9.64 Å². The maximum absolute atomic E-state index is 12.8. The number of benzene rings is 3. The number of carbonyl (C=O) groups is 1. The van der Waals surface area contributed by atoms with Crippen molar-refractivity contribution < 1.29 is 19.7 Å². The summed E-state index contributed by atoms with van der Waals surface area (Å²) in [5.74, 6) is 0.237. The van der Waals surface area contributed by atoms with E-state index in [2.05, 4.69) is 14.9 Å². The van der Waals surface area contributed by atoms with Gasteiger partial charge in [0.05, 0.1) is 18.1 Å². The van der Waals surface area contributed by atoms with Gasteiger partial charge in [0, 0.05) is 43.0 Å². The number of rotatable bonds is 4. The van der Waals surface area contributed by atoms with Gasteiger partial charge in [-0.1, -0.05) is 17.7 Å². The number of phenolic OH excluding ortho intramolecular Hbond substituents is 2. The third-order valence-corrected chi connectivity index (χ3v) is 6.25. The number of piperazine rings is 1. The topological polar surface area (TPSA) is 102 Å². The van der Waals surface area contributed by atoms with E-state index in [0.717, 1.165) is 40.9 Å². The van der Waals surface area contributed by atoms with Crippen molar-refractivity contribution in [1.82, 2.24) is 14.9 Å². The van der Waals surface area contributed by atoms with Gasteiger partial charge in [-0.2, -0.15) is 0 Å². The zero-order valence-corrected chi connectivity index (χ0v) is 19.1. The molecule has 8 nitrogen and oxygen atoms in total. The number of hydrogen-bond donors (Lipinski definition) is 3. The predicted molar refractivity (Wildman–Crippen MR) is 131 cm³/mol. The summed E-state index contributed by atoms with van der Waals surface area (Å²) >= 11 is 0. The highest BCUT2D eigenvalue weighted by atomic mass is 16.5. The summed E-state index contributed by atoms with van der Waals surface area (Å²) in [6.45, 7) is 4.80. The van der Waals surface area contributed by atoms with Crippen LogP contribution >= 0.6 is 0 Å². The Morgan fingerprint density at radius 3 is 2.44 bits per heavy atom.